The monoisotopic (exact) mass is 314 g/mol. The van der Waals surface area contributed by atoms with Crippen molar-refractivity contribution in [3.63, 3.8) is 0 Å². The third-order valence-electron chi connectivity index (χ3n) is 2.91. The number of hydrogen-bond donors (Lipinski definition) is 0. The molecule has 0 aliphatic rings. The fraction of sp³-hybridized carbons (Fsp3) is 0.111. The van der Waals surface area contributed by atoms with E-state index in [2.05, 4.69) is 61.7 Å². The van der Waals surface area contributed by atoms with Crippen molar-refractivity contribution < 1.29 is 0 Å². The van der Waals surface area contributed by atoms with Gasteiger partial charge in [-0.05, 0) is 0 Å². The summed E-state index contributed by atoms with van der Waals surface area (Å²) < 4.78 is 0. The van der Waals surface area contributed by atoms with E-state index in [-0.39, 0.29) is 0 Å². The van der Waals surface area contributed by atoms with Crippen LogP contribution in [-0.4, -0.2) is 15.0 Å². The van der Waals surface area contributed by atoms with E-state index in [1.54, 1.807) is 0 Å². The molecule has 0 aliphatic heterocycles. The zero-order valence-corrected chi connectivity index (χ0v) is 12.7. The standard InChI is InChI=1S/C18H18Se/c1-3-15-7-5-9-17(11-15)13-19-14-18-10-6-8-16(4-2)12-18/h3-12H,1-2,13-14H2. The Morgan fingerprint density at radius 1 is 0.789 bits per heavy atom. The second kappa shape index (κ2) is 7.13. The first-order valence-corrected chi connectivity index (χ1v) is 8.74. The van der Waals surface area contributed by atoms with Crippen LogP contribution in [0.3, 0.4) is 0 Å². The summed E-state index contributed by atoms with van der Waals surface area (Å²) >= 11 is 0.597. The maximum atomic E-state index is 3.81. The first-order chi connectivity index (χ1) is 9.31. The average molecular weight is 313 g/mol. The van der Waals surface area contributed by atoms with E-state index in [1.165, 1.54) is 32.9 Å². The molecule has 0 aliphatic carbocycles. The molecule has 2 aromatic rings. The topological polar surface area (TPSA) is 0 Å². The van der Waals surface area contributed by atoms with Crippen molar-refractivity contribution in [1.29, 1.82) is 0 Å². The van der Waals surface area contributed by atoms with Crippen molar-refractivity contribution in [2.45, 2.75) is 10.6 Å². The molecule has 0 nitrogen and oxygen atoms in total. The van der Waals surface area contributed by atoms with Gasteiger partial charge >= 0.3 is 122 Å². The van der Waals surface area contributed by atoms with Gasteiger partial charge in [-0.2, -0.15) is 0 Å². The summed E-state index contributed by atoms with van der Waals surface area (Å²) in [5.74, 6) is 0. The fourth-order valence-electron chi connectivity index (χ4n) is 1.91. The molecule has 0 heterocycles. The predicted octanol–water partition coefficient (Wildman–Crippen LogP) is 4.38. The molecule has 0 bridgehead atoms. The van der Waals surface area contributed by atoms with Crippen molar-refractivity contribution in [1.82, 2.24) is 0 Å². The predicted molar refractivity (Wildman–Crippen MR) is 86.2 cm³/mol. The summed E-state index contributed by atoms with van der Waals surface area (Å²) in [5, 5.41) is 2.35. The van der Waals surface area contributed by atoms with Crippen LogP contribution in [0.4, 0.5) is 0 Å². The van der Waals surface area contributed by atoms with Gasteiger partial charge < -0.3 is 0 Å². The summed E-state index contributed by atoms with van der Waals surface area (Å²) in [4.78, 5) is 0. The van der Waals surface area contributed by atoms with Gasteiger partial charge in [0.25, 0.3) is 0 Å². The Hall–Kier alpha value is -1.56. The second-order valence-corrected chi connectivity index (χ2v) is 6.46. The van der Waals surface area contributed by atoms with Crippen LogP contribution in [-0.2, 0) is 10.6 Å². The molecule has 0 saturated heterocycles. The van der Waals surface area contributed by atoms with Gasteiger partial charge in [0.15, 0.2) is 0 Å². The quantitative estimate of drug-likeness (QED) is 0.694. The number of hydrogen-bond acceptors (Lipinski definition) is 0. The van der Waals surface area contributed by atoms with E-state index in [9.17, 15) is 0 Å². The van der Waals surface area contributed by atoms with E-state index >= 15 is 0 Å². The third-order valence-corrected chi connectivity index (χ3v) is 5.17. The first-order valence-electron chi connectivity index (χ1n) is 6.32. The van der Waals surface area contributed by atoms with Gasteiger partial charge in [-0.3, -0.25) is 0 Å². The van der Waals surface area contributed by atoms with E-state index in [4.69, 9.17) is 0 Å². The van der Waals surface area contributed by atoms with Crippen molar-refractivity contribution in [2.24, 2.45) is 0 Å². The van der Waals surface area contributed by atoms with Crippen LogP contribution >= 0.6 is 0 Å². The molecule has 0 atom stereocenters. The van der Waals surface area contributed by atoms with E-state index < -0.39 is 0 Å². The fourth-order valence-corrected chi connectivity index (χ4v) is 3.86. The minimum absolute atomic E-state index is 0.597. The Morgan fingerprint density at radius 2 is 1.26 bits per heavy atom. The summed E-state index contributed by atoms with van der Waals surface area (Å²) in [6, 6.07) is 17.3. The van der Waals surface area contributed by atoms with Crippen molar-refractivity contribution in [3.8, 4) is 0 Å². The minimum atomic E-state index is 0.597. The molecular formula is C18H18Se. The SMILES string of the molecule is C=Cc1cccc(C[Se]Cc2cccc(C=C)c2)c1. The van der Waals surface area contributed by atoms with Crippen LogP contribution in [0.15, 0.2) is 61.7 Å². The van der Waals surface area contributed by atoms with Gasteiger partial charge in [-0.1, -0.05) is 0 Å². The zero-order valence-electron chi connectivity index (χ0n) is 11.0. The first kappa shape index (κ1) is 13.9. The summed E-state index contributed by atoms with van der Waals surface area (Å²) in [6.45, 7) is 7.63. The van der Waals surface area contributed by atoms with Crippen LogP contribution in [0.25, 0.3) is 12.2 Å². The van der Waals surface area contributed by atoms with Crippen LogP contribution in [0.2, 0.25) is 0 Å². The summed E-state index contributed by atoms with van der Waals surface area (Å²) in [5.41, 5.74) is 5.25. The van der Waals surface area contributed by atoms with E-state index in [0.717, 1.165) is 0 Å². The Labute approximate surface area is 122 Å². The molecule has 0 aromatic heterocycles. The molecule has 0 fully saturated rings. The van der Waals surface area contributed by atoms with Crippen LogP contribution in [0, 0.1) is 0 Å². The van der Waals surface area contributed by atoms with Gasteiger partial charge in [0.1, 0.15) is 0 Å². The van der Waals surface area contributed by atoms with Gasteiger partial charge in [-0.25, -0.2) is 0 Å². The normalized spacial score (nSPS) is 10.1. The number of rotatable bonds is 6. The zero-order chi connectivity index (χ0) is 13.5. The van der Waals surface area contributed by atoms with Crippen molar-refractivity contribution in [3.05, 3.63) is 83.9 Å². The van der Waals surface area contributed by atoms with Crippen LogP contribution in [0.1, 0.15) is 22.3 Å². The van der Waals surface area contributed by atoms with Gasteiger partial charge in [0.2, 0.25) is 0 Å². The van der Waals surface area contributed by atoms with Crippen LogP contribution in [0.5, 0.6) is 0 Å². The third kappa shape index (κ3) is 4.24. The molecule has 1 heteroatoms. The molecule has 0 N–H and O–H groups in total. The van der Waals surface area contributed by atoms with Crippen LogP contribution < -0.4 is 0 Å². The molecule has 0 radical (unpaired) electrons. The van der Waals surface area contributed by atoms with E-state index in [0.29, 0.717) is 15.0 Å². The summed E-state index contributed by atoms with van der Waals surface area (Å²) in [7, 11) is 0. The molecule has 2 rings (SSSR count). The molecule has 0 saturated carbocycles. The number of benzene rings is 2. The molecule has 2 aromatic carbocycles. The maximum absolute atomic E-state index is 3.81. The molecule has 0 unspecified atom stereocenters. The molecular weight excluding hydrogens is 295 g/mol. The Balaban J connectivity index is 1.92. The van der Waals surface area contributed by atoms with Gasteiger partial charge in [0.05, 0.1) is 0 Å². The van der Waals surface area contributed by atoms with Crippen molar-refractivity contribution >= 4 is 27.1 Å². The van der Waals surface area contributed by atoms with Crippen molar-refractivity contribution in [2.75, 3.05) is 0 Å². The Morgan fingerprint density at radius 3 is 1.68 bits per heavy atom. The molecule has 0 amide bonds. The molecule has 0 spiro atoms. The Kier molecular flexibility index (Phi) is 5.20. The second-order valence-electron chi connectivity index (χ2n) is 4.39. The average Bonchev–Trinajstić information content (AvgIpc) is 2.48. The summed E-state index contributed by atoms with van der Waals surface area (Å²) in [6.07, 6.45) is 3.81. The molecule has 19 heavy (non-hydrogen) atoms. The van der Waals surface area contributed by atoms with E-state index in [1.807, 2.05) is 12.2 Å². The molecule has 96 valence electrons. The Bertz CT molecular complexity index is 518. The van der Waals surface area contributed by atoms with Gasteiger partial charge in [-0.15, -0.1) is 0 Å². The van der Waals surface area contributed by atoms with Gasteiger partial charge in [0, 0.05) is 0 Å².